The van der Waals surface area contributed by atoms with Crippen molar-refractivity contribution in [2.45, 2.75) is 65.8 Å². The third-order valence-corrected chi connectivity index (χ3v) is 2.77. The van der Waals surface area contributed by atoms with E-state index in [1.807, 2.05) is 6.92 Å². The summed E-state index contributed by atoms with van der Waals surface area (Å²) in [5, 5.41) is 3.11. The van der Waals surface area contributed by atoms with E-state index in [0.29, 0.717) is 5.41 Å². The molecule has 1 atom stereocenters. The van der Waals surface area contributed by atoms with Gasteiger partial charge in [0.1, 0.15) is 0 Å². The Bertz CT molecular complexity index is 160. The number of hydrogen-bond donors (Lipinski definition) is 0. The van der Waals surface area contributed by atoms with Gasteiger partial charge in [0.25, 0.3) is 0 Å². The molecule has 0 spiro atoms. The van der Waals surface area contributed by atoms with Gasteiger partial charge in [-0.3, -0.25) is 0 Å². The van der Waals surface area contributed by atoms with Crippen LogP contribution in [0.1, 0.15) is 59.8 Å². The van der Waals surface area contributed by atoms with Crippen LogP contribution in [-0.4, -0.2) is 6.04 Å². The molecule has 0 radical (unpaired) electrons. The largest absolute Gasteiger partial charge is 0.331 e. The first-order valence-corrected chi connectivity index (χ1v) is 5.66. The Kier molecular flexibility index (Phi) is 11.8. The Morgan fingerprint density at radius 2 is 2.00 bits per heavy atom. The van der Waals surface area contributed by atoms with E-state index in [0.717, 1.165) is 25.7 Å². The molecule has 0 amide bonds. The van der Waals surface area contributed by atoms with Gasteiger partial charge in [-0.2, -0.15) is 18.3 Å². The van der Waals surface area contributed by atoms with Crippen molar-refractivity contribution >= 4 is 0 Å². The Morgan fingerprint density at radius 3 is 2.40 bits per heavy atom. The summed E-state index contributed by atoms with van der Waals surface area (Å²) in [6.45, 7) is 8.69. The number of hydrogen-bond acceptors (Lipinski definition) is 2. The van der Waals surface area contributed by atoms with E-state index in [-0.39, 0.29) is 37.2 Å². The zero-order valence-electron chi connectivity index (χ0n) is 10.5. The summed E-state index contributed by atoms with van der Waals surface area (Å²) < 4.78 is 0. The molecule has 0 aromatic carbocycles. The first-order chi connectivity index (χ1) is 6.55. The second kappa shape index (κ2) is 9.85. The molecule has 0 N–H and O–H groups in total. The van der Waals surface area contributed by atoms with Gasteiger partial charge in [0.05, 0.1) is 6.04 Å². The standard InChI is InChI=1S/C12H24NO.U/c1-5-9-12(3,4)10-7-8-11(6-2)13-14;/h5,11H,6-10H2,1-4H3;/q-1;. The quantitative estimate of drug-likeness (QED) is 0.411. The van der Waals surface area contributed by atoms with Gasteiger partial charge in [0.2, 0.25) is 0 Å². The van der Waals surface area contributed by atoms with E-state index in [1.54, 1.807) is 0 Å². The summed E-state index contributed by atoms with van der Waals surface area (Å²) in [6.07, 6.45) is 7.50. The molecule has 0 aliphatic heterocycles. The summed E-state index contributed by atoms with van der Waals surface area (Å²) in [7, 11) is 0. The molecule has 0 saturated heterocycles. The zero-order valence-corrected chi connectivity index (χ0v) is 14.7. The van der Waals surface area contributed by atoms with Crippen molar-refractivity contribution < 1.29 is 31.1 Å². The number of rotatable bonds is 8. The van der Waals surface area contributed by atoms with Gasteiger partial charge in [-0.1, -0.05) is 44.2 Å². The molecule has 88 valence electrons. The zero-order chi connectivity index (χ0) is 11.0. The summed E-state index contributed by atoms with van der Waals surface area (Å²) in [6, 6.07) is 0.0383. The van der Waals surface area contributed by atoms with E-state index in [1.165, 1.54) is 6.42 Å². The van der Waals surface area contributed by atoms with Gasteiger partial charge in [-0.15, -0.1) is 0 Å². The van der Waals surface area contributed by atoms with E-state index < -0.39 is 0 Å². The molecule has 0 heterocycles. The van der Waals surface area contributed by atoms with Crippen LogP contribution in [0.25, 0.3) is 0 Å². The minimum absolute atomic E-state index is 0. The summed E-state index contributed by atoms with van der Waals surface area (Å²) in [5.74, 6) is 0. The Morgan fingerprint density at radius 1 is 1.40 bits per heavy atom. The monoisotopic (exact) mass is 436 g/mol. The van der Waals surface area contributed by atoms with E-state index in [9.17, 15) is 4.91 Å². The maximum absolute atomic E-state index is 10.4. The SMILES string of the molecule is C[CH-]CC(C)(C)CCCC(CC)N=O.[U]. The maximum Gasteiger partial charge on any atom is 0.0917 e. The van der Waals surface area contributed by atoms with Crippen molar-refractivity contribution in [3.63, 3.8) is 0 Å². The molecule has 0 bridgehead atoms. The third kappa shape index (κ3) is 9.57. The molecule has 0 aliphatic rings. The van der Waals surface area contributed by atoms with Gasteiger partial charge in [-0.05, 0) is 12.8 Å². The molecule has 0 aliphatic carbocycles. The fraction of sp³-hybridized carbons (Fsp3) is 0.917. The Balaban J connectivity index is 0. The van der Waals surface area contributed by atoms with Gasteiger partial charge in [0.15, 0.2) is 0 Å². The second-order valence-electron chi connectivity index (χ2n) is 4.84. The molecule has 0 fully saturated rings. The summed E-state index contributed by atoms with van der Waals surface area (Å²) >= 11 is 0. The third-order valence-electron chi connectivity index (χ3n) is 2.77. The molecule has 0 aromatic rings. The van der Waals surface area contributed by atoms with Crippen LogP contribution in [0.3, 0.4) is 0 Å². The van der Waals surface area contributed by atoms with Gasteiger partial charge >= 0.3 is 0 Å². The smallest absolute Gasteiger partial charge is 0.0917 e. The fourth-order valence-electron chi connectivity index (χ4n) is 1.80. The van der Waals surface area contributed by atoms with E-state index >= 15 is 0 Å². The van der Waals surface area contributed by atoms with Crippen LogP contribution >= 0.6 is 0 Å². The average molecular weight is 436 g/mol. The minimum atomic E-state index is 0. The van der Waals surface area contributed by atoms with Crippen LogP contribution in [0.4, 0.5) is 0 Å². The van der Waals surface area contributed by atoms with Crippen molar-refractivity contribution in [3.8, 4) is 0 Å². The minimum Gasteiger partial charge on any atom is -0.331 e. The van der Waals surface area contributed by atoms with Crippen LogP contribution in [0.5, 0.6) is 0 Å². The average Bonchev–Trinajstić information content (AvgIpc) is 2.12. The molecular weight excluding hydrogens is 412 g/mol. The second-order valence-corrected chi connectivity index (χ2v) is 4.84. The molecule has 1 unspecified atom stereocenters. The number of nitrogens with zero attached hydrogens (tertiary/aromatic N) is 1. The fourth-order valence-corrected chi connectivity index (χ4v) is 1.80. The molecular formula is C12H24NOU-. The molecule has 15 heavy (non-hydrogen) atoms. The van der Waals surface area contributed by atoms with Crippen LogP contribution < -0.4 is 0 Å². The van der Waals surface area contributed by atoms with Gasteiger partial charge < -0.3 is 6.42 Å². The van der Waals surface area contributed by atoms with Gasteiger partial charge in [-0.25, -0.2) is 0 Å². The molecule has 0 saturated carbocycles. The van der Waals surface area contributed by atoms with Crippen molar-refractivity contribution in [3.05, 3.63) is 11.3 Å². The topological polar surface area (TPSA) is 29.4 Å². The predicted octanol–water partition coefficient (Wildman–Crippen LogP) is 4.34. The van der Waals surface area contributed by atoms with Crippen LogP contribution in [0, 0.1) is 47.9 Å². The number of nitroso groups, excluding NO2 is 1. The summed E-state index contributed by atoms with van der Waals surface area (Å²) in [5.41, 5.74) is 0.385. The Hall–Kier alpha value is 0.652. The first-order valence-electron chi connectivity index (χ1n) is 5.66. The van der Waals surface area contributed by atoms with Crippen molar-refractivity contribution in [2.24, 2.45) is 10.6 Å². The van der Waals surface area contributed by atoms with Crippen LogP contribution in [0.2, 0.25) is 0 Å². The first kappa shape index (κ1) is 18.0. The van der Waals surface area contributed by atoms with Crippen molar-refractivity contribution in [1.29, 1.82) is 0 Å². The van der Waals surface area contributed by atoms with Crippen molar-refractivity contribution in [2.75, 3.05) is 0 Å². The van der Waals surface area contributed by atoms with Crippen molar-refractivity contribution in [1.82, 2.24) is 0 Å². The van der Waals surface area contributed by atoms with Crippen LogP contribution in [0.15, 0.2) is 5.18 Å². The van der Waals surface area contributed by atoms with E-state index in [2.05, 4.69) is 32.4 Å². The molecule has 3 heteroatoms. The van der Waals surface area contributed by atoms with Crippen LogP contribution in [-0.2, 0) is 0 Å². The Labute approximate surface area is 118 Å². The molecule has 0 aromatic heterocycles. The maximum atomic E-state index is 10.4. The van der Waals surface area contributed by atoms with E-state index in [4.69, 9.17) is 0 Å². The molecule has 2 nitrogen and oxygen atoms in total. The molecule has 0 rings (SSSR count). The normalized spacial score (nSPS) is 13.1. The van der Waals surface area contributed by atoms with Gasteiger partial charge in [0, 0.05) is 31.1 Å². The summed E-state index contributed by atoms with van der Waals surface area (Å²) in [4.78, 5) is 10.4. The predicted molar refractivity (Wildman–Crippen MR) is 62.1 cm³/mol.